The van der Waals surface area contributed by atoms with Gasteiger partial charge in [0.25, 0.3) is 0 Å². The molecule has 2 saturated heterocycles. The average molecular weight is 523 g/mol. The van der Waals surface area contributed by atoms with E-state index in [0.29, 0.717) is 5.57 Å². The summed E-state index contributed by atoms with van der Waals surface area (Å²) in [5.41, 5.74) is -4.05. The Balaban J connectivity index is 1.72. The first-order valence-electron chi connectivity index (χ1n) is 12.7. The number of ketones is 1. The number of rotatable bonds is 4. The molecule has 0 aromatic rings. The van der Waals surface area contributed by atoms with Crippen LogP contribution in [0.15, 0.2) is 11.3 Å². The zero-order valence-electron chi connectivity index (χ0n) is 21.6. The fourth-order valence-corrected chi connectivity index (χ4v) is 8.38. The molecular weight excluding hydrogens is 488 g/mol. The van der Waals surface area contributed by atoms with Gasteiger partial charge >= 0.3 is 17.9 Å². The largest absolute Gasteiger partial charge is 0.504 e. The number of carbonyl (C=O) groups is 4. The van der Waals surface area contributed by atoms with E-state index < -0.39 is 82.3 Å². The third kappa shape index (κ3) is 3.10. The normalized spacial score (nSPS) is 46.2. The van der Waals surface area contributed by atoms with Crippen LogP contribution in [0.2, 0.25) is 0 Å². The van der Waals surface area contributed by atoms with Crippen LogP contribution in [0, 0.1) is 34.5 Å². The minimum atomic E-state index is -2.19. The molecular formula is C26H34O11. The molecule has 0 aromatic heterocycles. The van der Waals surface area contributed by atoms with Crippen LogP contribution in [0.1, 0.15) is 47.0 Å². The highest BCUT2D eigenvalue weighted by molar-refractivity contribution is 5.95. The summed E-state index contributed by atoms with van der Waals surface area (Å²) < 4.78 is 22.6. The molecule has 3 N–H and O–H groups in total. The van der Waals surface area contributed by atoms with E-state index >= 15 is 0 Å². The third-order valence-corrected chi connectivity index (χ3v) is 9.67. The van der Waals surface area contributed by atoms with Crippen molar-refractivity contribution in [3.8, 4) is 0 Å². The van der Waals surface area contributed by atoms with Crippen LogP contribution in [0.25, 0.3) is 0 Å². The van der Waals surface area contributed by atoms with Crippen molar-refractivity contribution in [1.29, 1.82) is 0 Å². The second kappa shape index (κ2) is 8.25. The Bertz CT molecular complexity index is 1100. The second-order valence-electron chi connectivity index (χ2n) is 11.9. The highest BCUT2D eigenvalue weighted by Gasteiger charge is 2.85. The number of hydrogen-bond acceptors (Lipinski definition) is 11. The summed E-state index contributed by atoms with van der Waals surface area (Å²) in [7, 11) is 1.10. The molecule has 3 aliphatic carbocycles. The highest BCUT2D eigenvalue weighted by Crippen LogP contribution is 2.72. The maximum absolute atomic E-state index is 13.4. The fourth-order valence-electron chi connectivity index (χ4n) is 8.38. The van der Waals surface area contributed by atoms with E-state index in [2.05, 4.69) is 0 Å². The topological polar surface area (TPSA) is 166 Å². The second-order valence-corrected chi connectivity index (χ2v) is 11.9. The summed E-state index contributed by atoms with van der Waals surface area (Å²) in [5.74, 6) is -6.09. The molecule has 10 atom stereocenters. The zero-order valence-corrected chi connectivity index (χ0v) is 21.6. The third-order valence-electron chi connectivity index (χ3n) is 9.67. The molecule has 0 unspecified atom stereocenters. The smallest absolute Gasteiger partial charge is 0.348 e. The summed E-state index contributed by atoms with van der Waals surface area (Å²) >= 11 is 0. The summed E-state index contributed by atoms with van der Waals surface area (Å²) in [6.45, 7) is 6.84. The van der Waals surface area contributed by atoms with E-state index in [-0.39, 0.29) is 37.5 Å². The van der Waals surface area contributed by atoms with Crippen molar-refractivity contribution < 1.29 is 53.4 Å². The van der Waals surface area contributed by atoms with Gasteiger partial charge in [0.05, 0.1) is 25.7 Å². The Labute approximate surface area is 214 Å². The number of aliphatic hydroxyl groups is 3. The van der Waals surface area contributed by atoms with Crippen LogP contribution in [0.3, 0.4) is 0 Å². The number of allylic oxidation sites excluding steroid dienone is 2. The molecule has 37 heavy (non-hydrogen) atoms. The van der Waals surface area contributed by atoms with E-state index in [0.717, 1.165) is 7.11 Å². The Morgan fingerprint density at radius 1 is 1.19 bits per heavy atom. The van der Waals surface area contributed by atoms with Crippen molar-refractivity contribution in [3.05, 3.63) is 11.3 Å². The van der Waals surface area contributed by atoms with Gasteiger partial charge in [-0.05, 0) is 36.2 Å². The molecule has 4 fully saturated rings. The predicted molar refractivity (Wildman–Crippen MR) is 123 cm³/mol. The number of methoxy groups -OCH3 is 1. The van der Waals surface area contributed by atoms with Crippen molar-refractivity contribution in [2.45, 2.75) is 77.0 Å². The number of ether oxygens (including phenoxy) is 4. The van der Waals surface area contributed by atoms with Crippen LogP contribution in [-0.4, -0.2) is 82.7 Å². The molecule has 0 radical (unpaired) electrons. The van der Waals surface area contributed by atoms with Gasteiger partial charge in [-0.3, -0.25) is 9.59 Å². The quantitative estimate of drug-likeness (QED) is 0.349. The maximum Gasteiger partial charge on any atom is 0.348 e. The number of esters is 3. The van der Waals surface area contributed by atoms with Gasteiger partial charge < -0.3 is 34.3 Å². The molecule has 204 valence electrons. The summed E-state index contributed by atoms with van der Waals surface area (Å²) in [5, 5.41) is 33.6. The molecule has 11 nitrogen and oxygen atoms in total. The number of carbonyl (C=O) groups excluding carboxylic acids is 4. The Hall–Kier alpha value is -2.50. The number of fused-ring (bicyclic) bond motifs is 2. The van der Waals surface area contributed by atoms with Gasteiger partial charge in [-0.2, -0.15) is 0 Å². The van der Waals surface area contributed by atoms with E-state index in [9.17, 15) is 34.5 Å². The Morgan fingerprint density at radius 2 is 1.86 bits per heavy atom. The molecule has 2 heterocycles. The molecule has 2 aliphatic heterocycles. The average Bonchev–Trinajstić information content (AvgIpc) is 3.12. The van der Waals surface area contributed by atoms with Crippen molar-refractivity contribution in [1.82, 2.24) is 0 Å². The molecule has 11 heteroatoms. The van der Waals surface area contributed by atoms with Gasteiger partial charge in [-0.15, -0.1) is 0 Å². The van der Waals surface area contributed by atoms with Gasteiger partial charge in [0, 0.05) is 24.2 Å². The minimum Gasteiger partial charge on any atom is -0.504 e. The zero-order chi connectivity index (χ0) is 27.2. The number of Topliss-reactive ketones (excluding diaryl/α,β-unsaturated/α-hetero) is 1. The lowest BCUT2D eigenvalue weighted by Crippen LogP contribution is -2.79. The van der Waals surface area contributed by atoms with Crippen LogP contribution in [0.5, 0.6) is 0 Å². The first-order valence-corrected chi connectivity index (χ1v) is 12.7. The molecule has 2 saturated carbocycles. The van der Waals surface area contributed by atoms with Crippen LogP contribution in [0.4, 0.5) is 0 Å². The molecule has 0 aromatic carbocycles. The maximum atomic E-state index is 13.4. The number of aliphatic hydroxyl groups excluding tert-OH is 3. The monoisotopic (exact) mass is 522 g/mol. The molecule has 5 rings (SSSR count). The lowest BCUT2D eigenvalue weighted by molar-refractivity contribution is -0.290. The predicted octanol–water partition coefficient (Wildman–Crippen LogP) is 0.597. The summed E-state index contributed by atoms with van der Waals surface area (Å²) in [4.78, 5) is 52.3. The fraction of sp³-hybridized carbons (Fsp3) is 0.769. The Morgan fingerprint density at radius 3 is 2.49 bits per heavy atom. The minimum absolute atomic E-state index is 0.00513. The van der Waals surface area contributed by atoms with Crippen molar-refractivity contribution in [2.24, 2.45) is 34.5 Å². The molecule has 0 amide bonds. The van der Waals surface area contributed by atoms with Crippen molar-refractivity contribution in [3.63, 3.8) is 0 Å². The van der Waals surface area contributed by atoms with Crippen LogP contribution < -0.4 is 0 Å². The highest BCUT2D eigenvalue weighted by atomic mass is 16.6. The number of hydrogen-bond donors (Lipinski definition) is 3. The van der Waals surface area contributed by atoms with Crippen LogP contribution in [-0.2, 0) is 38.1 Å². The van der Waals surface area contributed by atoms with Crippen LogP contribution >= 0.6 is 0 Å². The first-order chi connectivity index (χ1) is 17.3. The van der Waals surface area contributed by atoms with Crippen molar-refractivity contribution in [2.75, 3.05) is 13.7 Å². The van der Waals surface area contributed by atoms with Gasteiger partial charge in [-0.25, -0.2) is 9.59 Å². The molecule has 1 spiro atoms. The standard InChI is InChI=1S/C26H34O11/c1-10(2)6-15(28)37-18-20-25-9-35-26(20,23(33)34-5)21(31)17(30)19(25)24(4)8-13(27)16(29)11(3)12(24)7-14(25)36-22(18)32/h10,12,14,17-21,29-31H,6-9H2,1-5H3/t12-,14+,17-,18-,19+,20-,21+,24+,25-,26+/m1/s1. The van der Waals surface area contributed by atoms with Gasteiger partial charge in [0.1, 0.15) is 12.2 Å². The lowest BCUT2D eigenvalue weighted by Gasteiger charge is -2.67. The van der Waals surface area contributed by atoms with Crippen molar-refractivity contribution >= 4 is 23.7 Å². The first kappa shape index (κ1) is 26.1. The summed E-state index contributed by atoms with van der Waals surface area (Å²) in [6.07, 6.45) is -5.87. The van der Waals surface area contributed by atoms with E-state index in [1.165, 1.54) is 0 Å². The Kier molecular flexibility index (Phi) is 5.82. The SMILES string of the molecule is COC(=O)[C@@]12OC[C@@]34[C@H](C[C@@H]5C(C)=C(O)C(=O)C[C@]5(C)[C@@H]3[C@@H](O)[C@@H]1O)OC(=O)[C@H](OC(=O)CC(C)C)[C@@H]24. The van der Waals surface area contributed by atoms with Gasteiger partial charge in [-0.1, -0.05) is 20.8 Å². The van der Waals surface area contributed by atoms with E-state index in [1.807, 2.05) is 13.8 Å². The lowest BCUT2D eigenvalue weighted by atomic mass is 9.38. The van der Waals surface area contributed by atoms with E-state index in [1.54, 1.807) is 13.8 Å². The summed E-state index contributed by atoms with van der Waals surface area (Å²) in [6, 6.07) is 0. The van der Waals surface area contributed by atoms with Gasteiger partial charge in [0.2, 0.25) is 11.7 Å². The van der Waals surface area contributed by atoms with Gasteiger partial charge in [0.15, 0.2) is 11.5 Å². The van der Waals surface area contributed by atoms with E-state index in [4.69, 9.17) is 18.9 Å². The molecule has 2 bridgehead atoms. The molecule has 5 aliphatic rings.